The number of nitrogens with two attached hydrogens (primary N) is 1. The maximum atomic E-state index is 6.40. The Morgan fingerprint density at radius 3 is 2.65 bits per heavy atom. The number of aromatic nitrogens is 2. The first kappa shape index (κ1) is 13.6. The number of benzene rings is 1. The molecule has 2 N–H and O–H groups in total. The van der Waals surface area contributed by atoms with Crippen LogP contribution in [0.25, 0.3) is 0 Å². The molecular weight excluding hydrogens is 270 g/mol. The molecular formula is C15H19N3OS. The van der Waals surface area contributed by atoms with E-state index < -0.39 is 5.54 Å². The van der Waals surface area contributed by atoms with E-state index in [-0.39, 0.29) is 0 Å². The topological polar surface area (TPSA) is 64.9 Å². The molecule has 0 saturated heterocycles. The normalized spacial score (nSPS) is 18.1. The lowest BCUT2D eigenvalue weighted by Gasteiger charge is -2.29. The monoisotopic (exact) mass is 289 g/mol. The molecule has 0 bridgehead atoms. The maximum absolute atomic E-state index is 6.40. The summed E-state index contributed by atoms with van der Waals surface area (Å²) >= 11 is 1.71. The summed E-state index contributed by atoms with van der Waals surface area (Å²) in [4.78, 5) is 5.70. The van der Waals surface area contributed by atoms with Gasteiger partial charge in [-0.1, -0.05) is 42.6 Å². The summed E-state index contributed by atoms with van der Waals surface area (Å²) in [6.07, 6.45) is 5.44. The van der Waals surface area contributed by atoms with Gasteiger partial charge in [-0.2, -0.15) is 4.98 Å². The molecule has 0 atom stereocenters. The average Bonchev–Trinajstić information content (AvgIpc) is 2.97. The second kappa shape index (κ2) is 5.97. The van der Waals surface area contributed by atoms with Crippen LogP contribution < -0.4 is 5.73 Å². The van der Waals surface area contributed by atoms with E-state index in [1.807, 2.05) is 18.2 Å². The van der Waals surface area contributed by atoms with E-state index in [0.29, 0.717) is 11.6 Å². The lowest BCUT2D eigenvalue weighted by atomic mass is 9.82. The Hall–Kier alpha value is -1.33. The summed E-state index contributed by atoms with van der Waals surface area (Å²) in [5.74, 6) is 2.05. The van der Waals surface area contributed by atoms with E-state index in [2.05, 4.69) is 22.3 Å². The Morgan fingerprint density at radius 2 is 1.90 bits per heavy atom. The van der Waals surface area contributed by atoms with Crippen LogP contribution in [0.15, 0.2) is 39.8 Å². The van der Waals surface area contributed by atoms with E-state index in [1.165, 1.54) is 11.3 Å². The zero-order chi connectivity index (χ0) is 13.8. The van der Waals surface area contributed by atoms with E-state index in [0.717, 1.165) is 31.5 Å². The molecule has 0 unspecified atom stereocenters. The molecule has 0 aliphatic heterocycles. The zero-order valence-corrected chi connectivity index (χ0v) is 12.2. The third kappa shape index (κ3) is 3.04. The molecule has 1 aliphatic carbocycles. The fourth-order valence-corrected chi connectivity index (χ4v) is 3.34. The Balaban J connectivity index is 1.65. The highest BCUT2D eigenvalue weighted by Crippen LogP contribution is 2.34. The van der Waals surface area contributed by atoms with Gasteiger partial charge in [0, 0.05) is 4.90 Å². The quantitative estimate of drug-likeness (QED) is 0.873. The van der Waals surface area contributed by atoms with E-state index in [1.54, 1.807) is 11.8 Å². The summed E-state index contributed by atoms with van der Waals surface area (Å²) in [5, 5.41) is 4.06. The summed E-state index contributed by atoms with van der Waals surface area (Å²) in [5.41, 5.74) is 6.00. The fraction of sp³-hybridized carbons (Fsp3) is 0.467. The zero-order valence-electron chi connectivity index (χ0n) is 11.4. The van der Waals surface area contributed by atoms with Crippen molar-refractivity contribution < 1.29 is 4.52 Å². The molecule has 5 heteroatoms. The molecule has 4 nitrogen and oxygen atoms in total. The van der Waals surface area contributed by atoms with Crippen LogP contribution in [0, 0.1) is 0 Å². The van der Waals surface area contributed by atoms with Gasteiger partial charge in [0.05, 0.1) is 11.3 Å². The van der Waals surface area contributed by atoms with Crippen molar-refractivity contribution in [1.82, 2.24) is 10.1 Å². The molecule has 1 aromatic heterocycles. The summed E-state index contributed by atoms with van der Waals surface area (Å²) in [7, 11) is 0. The van der Waals surface area contributed by atoms with E-state index >= 15 is 0 Å². The van der Waals surface area contributed by atoms with Crippen LogP contribution in [-0.2, 0) is 11.3 Å². The highest BCUT2D eigenvalue weighted by Gasteiger charge is 2.35. The standard InChI is InChI=1S/C15H19N3OS/c16-15(9-5-2-6-10-15)14-17-13(18-19-14)11-20-12-7-3-1-4-8-12/h1,3-4,7-8H,2,5-6,9-11,16H2. The van der Waals surface area contributed by atoms with Gasteiger partial charge in [0.2, 0.25) is 5.89 Å². The van der Waals surface area contributed by atoms with Crippen LogP contribution in [-0.4, -0.2) is 10.1 Å². The minimum atomic E-state index is -0.402. The molecule has 0 spiro atoms. The van der Waals surface area contributed by atoms with Gasteiger partial charge in [-0.05, 0) is 25.0 Å². The number of thioether (sulfide) groups is 1. The predicted octanol–water partition coefficient (Wildman–Crippen LogP) is 3.48. The second-order valence-corrected chi connectivity index (χ2v) is 6.38. The summed E-state index contributed by atoms with van der Waals surface area (Å²) in [6, 6.07) is 10.2. The Morgan fingerprint density at radius 1 is 1.15 bits per heavy atom. The molecule has 1 aliphatic rings. The minimum Gasteiger partial charge on any atom is -0.337 e. The van der Waals surface area contributed by atoms with Crippen LogP contribution in [0.4, 0.5) is 0 Å². The van der Waals surface area contributed by atoms with Crippen molar-refractivity contribution in [3.63, 3.8) is 0 Å². The third-order valence-electron chi connectivity index (χ3n) is 3.75. The van der Waals surface area contributed by atoms with Crippen LogP contribution >= 0.6 is 11.8 Å². The van der Waals surface area contributed by atoms with Crippen molar-refractivity contribution in [2.75, 3.05) is 0 Å². The van der Waals surface area contributed by atoms with Gasteiger partial charge < -0.3 is 10.3 Å². The Labute approximate surface area is 123 Å². The summed E-state index contributed by atoms with van der Waals surface area (Å²) in [6.45, 7) is 0. The van der Waals surface area contributed by atoms with Crippen LogP contribution in [0.1, 0.15) is 43.8 Å². The average molecular weight is 289 g/mol. The lowest BCUT2D eigenvalue weighted by Crippen LogP contribution is -2.38. The van der Waals surface area contributed by atoms with Crippen molar-refractivity contribution in [2.24, 2.45) is 5.73 Å². The smallest absolute Gasteiger partial charge is 0.246 e. The van der Waals surface area contributed by atoms with E-state index in [4.69, 9.17) is 10.3 Å². The Kier molecular flexibility index (Phi) is 4.08. The maximum Gasteiger partial charge on any atom is 0.246 e. The molecule has 20 heavy (non-hydrogen) atoms. The van der Waals surface area contributed by atoms with Gasteiger partial charge in [0.25, 0.3) is 0 Å². The molecule has 106 valence electrons. The molecule has 1 saturated carbocycles. The van der Waals surface area contributed by atoms with Crippen molar-refractivity contribution >= 4 is 11.8 Å². The van der Waals surface area contributed by atoms with Gasteiger partial charge >= 0.3 is 0 Å². The number of rotatable bonds is 4. The lowest BCUT2D eigenvalue weighted by molar-refractivity contribution is 0.219. The molecule has 1 heterocycles. The third-order valence-corrected chi connectivity index (χ3v) is 4.76. The van der Waals surface area contributed by atoms with Crippen molar-refractivity contribution in [3.8, 4) is 0 Å². The first-order valence-electron chi connectivity index (χ1n) is 7.06. The largest absolute Gasteiger partial charge is 0.337 e. The first-order valence-corrected chi connectivity index (χ1v) is 8.05. The summed E-state index contributed by atoms with van der Waals surface area (Å²) < 4.78 is 5.40. The highest BCUT2D eigenvalue weighted by atomic mass is 32.2. The SMILES string of the molecule is NC1(c2nc(CSc3ccccc3)no2)CCCCC1. The van der Waals surface area contributed by atoms with Gasteiger partial charge in [0.1, 0.15) is 0 Å². The molecule has 1 fully saturated rings. The first-order chi connectivity index (χ1) is 9.76. The number of nitrogens with zero attached hydrogens (tertiary/aromatic N) is 2. The second-order valence-electron chi connectivity index (χ2n) is 5.33. The molecule has 3 rings (SSSR count). The van der Waals surface area contributed by atoms with Gasteiger partial charge in [0.15, 0.2) is 5.82 Å². The Bertz CT molecular complexity index is 549. The van der Waals surface area contributed by atoms with Crippen molar-refractivity contribution in [3.05, 3.63) is 42.0 Å². The van der Waals surface area contributed by atoms with Crippen molar-refractivity contribution in [2.45, 2.75) is 48.3 Å². The van der Waals surface area contributed by atoms with Crippen LogP contribution in [0.3, 0.4) is 0 Å². The van der Waals surface area contributed by atoms with Crippen LogP contribution in [0.5, 0.6) is 0 Å². The van der Waals surface area contributed by atoms with Gasteiger partial charge in [-0.15, -0.1) is 11.8 Å². The fourth-order valence-electron chi connectivity index (χ4n) is 2.58. The van der Waals surface area contributed by atoms with Crippen LogP contribution in [0.2, 0.25) is 0 Å². The minimum absolute atomic E-state index is 0.402. The van der Waals surface area contributed by atoms with Crippen molar-refractivity contribution in [1.29, 1.82) is 0 Å². The number of hydrogen-bond acceptors (Lipinski definition) is 5. The molecule has 1 aromatic carbocycles. The highest BCUT2D eigenvalue weighted by molar-refractivity contribution is 7.98. The predicted molar refractivity (Wildman–Crippen MR) is 79.3 cm³/mol. The molecule has 2 aromatic rings. The van der Waals surface area contributed by atoms with Gasteiger partial charge in [-0.3, -0.25) is 0 Å². The molecule has 0 radical (unpaired) electrons. The van der Waals surface area contributed by atoms with E-state index in [9.17, 15) is 0 Å². The van der Waals surface area contributed by atoms with Gasteiger partial charge in [-0.25, -0.2) is 0 Å². The molecule has 0 amide bonds. The number of hydrogen-bond donors (Lipinski definition) is 1.